The number of alkyl halides is 1. The Bertz CT molecular complexity index is 292. The van der Waals surface area contributed by atoms with E-state index in [4.69, 9.17) is 11.6 Å². The molecule has 0 amide bonds. The Morgan fingerprint density at radius 3 is 2.83 bits per heavy atom. The Labute approximate surface area is 77.3 Å². The summed E-state index contributed by atoms with van der Waals surface area (Å²) in [4.78, 5) is 0. The number of aromatic hydroxyl groups is 1. The lowest BCUT2D eigenvalue weighted by atomic mass is 10.1. The van der Waals surface area contributed by atoms with Crippen molar-refractivity contribution >= 4 is 17.7 Å². The van der Waals surface area contributed by atoms with Gasteiger partial charge in [-0.3, -0.25) is 0 Å². The van der Waals surface area contributed by atoms with Crippen LogP contribution in [0.3, 0.4) is 0 Å². The first-order chi connectivity index (χ1) is 5.74. The summed E-state index contributed by atoms with van der Waals surface area (Å²) in [6.07, 6.45) is 3.80. The van der Waals surface area contributed by atoms with Gasteiger partial charge < -0.3 is 5.11 Å². The van der Waals surface area contributed by atoms with Crippen molar-refractivity contribution in [2.24, 2.45) is 0 Å². The van der Waals surface area contributed by atoms with Gasteiger partial charge in [-0.05, 0) is 30.2 Å². The van der Waals surface area contributed by atoms with Gasteiger partial charge in [-0.15, -0.1) is 11.6 Å². The Morgan fingerprint density at radius 2 is 2.25 bits per heavy atom. The fourth-order valence-corrected chi connectivity index (χ4v) is 1.05. The maximum atomic E-state index is 9.22. The van der Waals surface area contributed by atoms with Crippen molar-refractivity contribution in [1.29, 1.82) is 0 Å². The molecule has 0 heterocycles. The molecule has 1 aromatic carbocycles. The third-order valence-corrected chi connectivity index (χ3v) is 1.80. The van der Waals surface area contributed by atoms with E-state index in [0.29, 0.717) is 11.6 Å². The Kier molecular flexibility index (Phi) is 3.18. The number of halogens is 1. The first-order valence-corrected chi connectivity index (χ1v) is 4.29. The zero-order chi connectivity index (χ0) is 8.97. The number of aryl methyl sites for hydroxylation is 1. The number of phenolic OH excluding ortho intramolecular Hbond substituents is 1. The zero-order valence-electron chi connectivity index (χ0n) is 6.92. The number of hydrogen-bond donors (Lipinski definition) is 1. The molecule has 64 valence electrons. The normalized spacial score (nSPS) is 10.8. The predicted octanol–water partition coefficient (Wildman–Crippen LogP) is 2.95. The van der Waals surface area contributed by atoms with E-state index in [1.54, 1.807) is 6.07 Å². The molecule has 0 aromatic heterocycles. The summed E-state index contributed by atoms with van der Waals surface area (Å²) in [5.74, 6) is 0.845. The van der Waals surface area contributed by atoms with Gasteiger partial charge in [0.15, 0.2) is 0 Å². The summed E-state index contributed by atoms with van der Waals surface area (Å²) in [5.41, 5.74) is 1.94. The van der Waals surface area contributed by atoms with E-state index in [2.05, 4.69) is 0 Å². The molecule has 0 unspecified atom stereocenters. The van der Waals surface area contributed by atoms with Crippen LogP contribution in [0.25, 0.3) is 6.08 Å². The van der Waals surface area contributed by atoms with E-state index in [1.807, 2.05) is 31.2 Å². The summed E-state index contributed by atoms with van der Waals surface area (Å²) in [6.45, 7) is 1.87. The molecule has 0 bridgehead atoms. The first-order valence-electron chi connectivity index (χ1n) is 3.76. The predicted molar refractivity (Wildman–Crippen MR) is 52.6 cm³/mol. The Hall–Kier alpha value is -0.950. The van der Waals surface area contributed by atoms with E-state index >= 15 is 0 Å². The molecule has 1 nitrogen and oxygen atoms in total. The van der Waals surface area contributed by atoms with Gasteiger partial charge in [-0.25, -0.2) is 0 Å². The zero-order valence-corrected chi connectivity index (χ0v) is 7.67. The van der Waals surface area contributed by atoms with E-state index in [1.165, 1.54) is 0 Å². The van der Waals surface area contributed by atoms with Gasteiger partial charge in [0.05, 0.1) is 0 Å². The topological polar surface area (TPSA) is 20.2 Å². The Morgan fingerprint density at radius 1 is 1.50 bits per heavy atom. The SMILES string of the molecule is Cc1cc(C=CCCl)ccc1O. The summed E-state index contributed by atoms with van der Waals surface area (Å²) >= 11 is 5.49. The van der Waals surface area contributed by atoms with Gasteiger partial charge in [0, 0.05) is 5.88 Å². The molecular formula is C10H11ClO. The third kappa shape index (κ3) is 2.28. The molecule has 0 aliphatic heterocycles. The number of allylic oxidation sites excluding steroid dienone is 1. The highest BCUT2D eigenvalue weighted by atomic mass is 35.5. The van der Waals surface area contributed by atoms with Crippen LogP contribution in [0.1, 0.15) is 11.1 Å². The molecule has 1 aromatic rings. The molecule has 0 aliphatic carbocycles. The molecule has 1 N–H and O–H groups in total. The molecular weight excluding hydrogens is 172 g/mol. The van der Waals surface area contributed by atoms with Gasteiger partial charge in [-0.2, -0.15) is 0 Å². The van der Waals surface area contributed by atoms with Crippen molar-refractivity contribution in [3.05, 3.63) is 35.4 Å². The fraction of sp³-hybridized carbons (Fsp3) is 0.200. The maximum Gasteiger partial charge on any atom is 0.118 e. The van der Waals surface area contributed by atoms with Crippen molar-refractivity contribution < 1.29 is 5.11 Å². The van der Waals surface area contributed by atoms with Crippen molar-refractivity contribution in [2.75, 3.05) is 5.88 Å². The van der Waals surface area contributed by atoms with Crippen LogP contribution < -0.4 is 0 Å². The quantitative estimate of drug-likeness (QED) is 0.698. The third-order valence-electron chi connectivity index (χ3n) is 1.62. The number of hydrogen-bond acceptors (Lipinski definition) is 1. The minimum Gasteiger partial charge on any atom is -0.508 e. The van der Waals surface area contributed by atoms with E-state index in [-0.39, 0.29) is 0 Å². The summed E-state index contributed by atoms with van der Waals surface area (Å²) in [7, 11) is 0. The minimum absolute atomic E-state index is 0.332. The molecule has 12 heavy (non-hydrogen) atoms. The van der Waals surface area contributed by atoms with Crippen LogP contribution in [-0.4, -0.2) is 11.0 Å². The van der Waals surface area contributed by atoms with Gasteiger partial charge in [0.25, 0.3) is 0 Å². The maximum absolute atomic E-state index is 9.22. The molecule has 0 saturated heterocycles. The van der Waals surface area contributed by atoms with Gasteiger partial charge in [-0.1, -0.05) is 18.2 Å². The molecule has 0 atom stereocenters. The molecule has 1 rings (SSSR count). The van der Waals surface area contributed by atoms with Gasteiger partial charge in [0.1, 0.15) is 5.75 Å². The Balaban J connectivity index is 2.89. The van der Waals surface area contributed by atoms with Crippen molar-refractivity contribution in [3.63, 3.8) is 0 Å². The fourth-order valence-electron chi connectivity index (χ4n) is 0.963. The summed E-state index contributed by atoms with van der Waals surface area (Å²) in [6, 6.07) is 5.45. The highest BCUT2D eigenvalue weighted by Gasteiger charge is 1.93. The standard InChI is InChI=1S/C10H11ClO/c1-8-7-9(3-2-6-11)4-5-10(8)12/h2-5,7,12H,6H2,1H3. The smallest absolute Gasteiger partial charge is 0.118 e. The van der Waals surface area contributed by atoms with Gasteiger partial charge >= 0.3 is 0 Å². The lowest BCUT2D eigenvalue weighted by Gasteiger charge is -1.98. The monoisotopic (exact) mass is 182 g/mol. The number of benzene rings is 1. The molecule has 0 aliphatic rings. The highest BCUT2D eigenvalue weighted by molar-refractivity contribution is 6.19. The van der Waals surface area contributed by atoms with Crippen molar-refractivity contribution in [1.82, 2.24) is 0 Å². The minimum atomic E-state index is 0.332. The molecule has 0 radical (unpaired) electrons. The lowest BCUT2D eigenvalue weighted by Crippen LogP contribution is -1.77. The van der Waals surface area contributed by atoms with E-state index in [9.17, 15) is 5.11 Å². The van der Waals surface area contributed by atoms with E-state index < -0.39 is 0 Å². The molecule has 0 spiro atoms. The summed E-state index contributed by atoms with van der Waals surface area (Å²) in [5, 5.41) is 9.22. The lowest BCUT2D eigenvalue weighted by molar-refractivity contribution is 0.471. The van der Waals surface area contributed by atoms with Crippen molar-refractivity contribution in [2.45, 2.75) is 6.92 Å². The van der Waals surface area contributed by atoms with Crippen LogP contribution >= 0.6 is 11.6 Å². The van der Waals surface area contributed by atoms with Crippen LogP contribution in [0.5, 0.6) is 5.75 Å². The van der Waals surface area contributed by atoms with Crippen LogP contribution in [0.4, 0.5) is 0 Å². The second-order valence-electron chi connectivity index (χ2n) is 2.60. The van der Waals surface area contributed by atoms with Crippen LogP contribution in [0.15, 0.2) is 24.3 Å². The second-order valence-corrected chi connectivity index (χ2v) is 2.91. The average molecular weight is 183 g/mol. The summed E-state index contributed by atoms with van der Waals surface area (Å²) < 4.78 is 0. The van der Waals surface area contributed by atoms with E-state index in [0.717, 1.165) is 11.1 Å². The van der Waals surface area contributed by atoms with Gasteiger partial charge in [0.2, 0.25) is 0 Å². The van der Waals surface area contributed by atoms with Crippen LogP contribution in [0.2, 0.25) is 0 Å². The second kappa shape index (κ2) is 4.17. The largest absolute Gasteiger partial charge is 0.508 e. The molecule has 2 heteroatoms. The van der Waals surface area contributed by atoms with Crippen molar-refractivity contribution in [3.8, 4) is 5.75 Å². The highest BCUT2D eigenvalue weighted by Crippen LogP contribution is 2.17. The molecule has 0 saturated carbocycles. The number of phenols is 1. The average Bonchev–Trinajstić information content (AvgIpc) is 2.07. The van der Waals surface area contributed by atoms with Crippen LogP contribution in [-0.2, 0) is 0 Å². The van der Waals surface area contributed by atoms with Crippen LogP contribution in [0, 0.1) is 6.92 Å². The first kappa shape index (κ1) is 9.14. The number of rotatable bonds is 2. The molecule has 0 fully saturated rings.